The van der Waals surface area contributed by atoms with Crippen LogP contribution in [0.5, 0.6) is 5.75 Å². The van der Waals surface area contributed by atoms with Gasteiger partial charge in [-0.1, -0.05) is 23.5 Å². The summed E-state index contributed by atoms with van der Waals surface area (Å²) in [6.45, 7) is 0.574. The van der Waals surface area contributed by atoms with Gasteiger partial charge in [0.15, 0.2) is 0 Å². The summed E-state index contributed by atoms with van der Waals surface area (Å²) in [7, 11) is 1.56. The van der Waals surface area contributed by atoms with Crippen LogP contribution in [0.3, 0.4) is 0 Å². The van der Waals surface area contributed by atoms with E-state index in [0.29, 0.717) is 28.7 Å². The van der Waals surface area contributed by atoms with E-state index in [0.717, 1.165) is 24.2 Å². The van der Waals surface area contributed by atoms with Crippen LogP contribution >= 0.6 is 11.3 Å². The molecule has 0 saturated carbocycles. The quantitative estimate of drug-likeness (QED) is 0.615. The van der Waals surface area contributed by atoms with Gasteiger partial charge in [0.2, 0.25) is 5.01 Å². The first-order valence-corrected chi connectivity index (χ1v) is 10.5. The van der Waals surface area contributed by atoms with Gasteiger partial charge < -0.3 is 20.3 Å². The Labute approximate surface area is 182 Å². The summed E-state index contributed by atoms with van der Waals surface area (Å²) in [5, 5.41) is 14.3. The lowest BCUT2D eigenvalue weighted by molar-refractivity contribution is 0.102. The van der Waals surface area contributed by atoms with Crippen LogP contribution in [-0.4, -0.2) is 40.7 Å². The van der Waals surface area contributed by atoms with E-state index < -0.39 is 11.7 Å². The Morgan fingerprint density at radius 1 is 1.13 bits per heavy atom. The number of ether oxygens (including phenoxy) is 1. The molecular formula is C21H20FN5O3S. The molecule has 10 heteroatoms. The molecule has 0 bridgehead atoms. The van der Waals surface area contributed by atoms with Gasteiger partial charge in [-0.05, 0) is 43.2 Å². The van der Waals surface area contributed by atoms with E-state index in [4.69, 9.17) is 4.74 Å². The van der Waals surface area contributed by atoms with Gasteiger partial charge in [-0.3, -0.25) is 4.79 Å². The third-order valence-electron chi connectivity index (χ3n) is 4.84. The second kappa shape index (κ2) is 9.09. The monoisotopic (exact) mass is 441 g/mol. The van der Waals surface area contributed by atoms with E-state index in [1.54, 1.807) is 42.3 Å². The molecule has 1 aliphatic rings. The van der Waals surface area contributed by atoms with E-state index in [2.05, 4.69) is 20.8 Å². The molecule has 160 valence electrons. The minimum atomic E-state index is -0.472. The highest BCUT2D eigenvalue weighted by molar-refractivity contribution is 7.13. The molecule has 2 heterocycles. The lowest BCUT2D eigenvalue weighted by Gasteiger charge is -2.23. The minimum Gasteiger partial charge on any atom is -0.497 e. The van der Waals surface area contributed by atoms with E-state index in [1.165, 1.54) is 18.2 Å². The van der Waals surface area contributed by atoms with E-state index >= 15 is 0 Å². The third kappa shape index (κ3) is 4.80. The molecule has 2 aromatic carbocycles. The van der Waals surface area contributed by atoms with Crippen LogP contribution in [0.2, 0.25) is 0 Å². The number of likely N-dealkylation sites (tertiary alicyclic amines) is 1. The number of halogens is 1. The fraction of sp³-hybridized carbons (Fsp3) is 0.238. The second-order valence-corrected chi connectivity index (χ2v) is 7.93. The first-order valence-electron chi connectivity index (χ1n) is 9.65. The molecule has 31 heavy (non-hydrogen) atoms. The van der Waals surface area contributed by atoms with Gasteiger partial charge in [0.25, 0.3) is 5.91 Å². The van der Waals surface area contributed by atoms with Crippen LogP contribution in [0.15, 0.2) is 48.5 Å². The zero-order chi connectivity index (χ0) is 21.8. The Hall–Kier alpha value is -3.53. The number of hydrogen-bond donors (Lipinski definition) is 2. The number of anilines is 2. The van der Waals surface area contributed by atoms with Crippen molar-refractivity contribution in [2.24, 2.45) is 0 Å². The average Bonchev–Trinajstić information content (AvgIpc) is 3.43. The Morgan fingerprint density at radius 2 is 1.90 bits per heavy atom. The normalized spacial score (nSPS) is 15.5. The molecule has 1 aromatic heterocycles. The number of nitrogens with zero attached hydrogens (tertiary/aromatic N) is 3. The second-order valence-electron chi connectivity index (χ2n) is 6.92. The molecule has 0 aliphatic carbocycles. The predicted molar refractivity (Wildman–Crippen MR) is 115 cm³/mol. The standard InChI is InChI=1S/C21H20FN5O3S/c1-30-16-8-3-7-15(12-16)24-21(29)27-10-4-9-17(27)19-25-26-20(31-19)18(28)23-14-6-2-5-13(22)11-14/h2-3,5-8,11-12,17H,4,9-10H2,1H3,(H,23,28)(H,24,29). The van der Waals surface area contributed by atoms with Gasteiger partial charge in [0, 0.05) is 24.0 Å². The topological polar surface area (TPSA) is 96.4 Å². The zero-order valence-electron chi connectivity index (χ0n) is 16.7. The Kier molecular flexibility index (Phi) is 6.08. The molecule has 1 unspecified atom stereocenters. The van der Waals surface area contributed by atoms with E-state index in [1.807, 2.05) is 0 Å². The first-order chi connectivity index (χ1) is 15.0. The number of hydrogen-bond acceptors (Lipinski definition) is 6. The number of rotatable bonds is 5. The van der Waals surface area contributed by atoms with Gasteiger partial charge in [-0.25, -0.2) is 9.18 Å². The Bertz CT molecular complexity index is 1110. The molecule has 0 spiro atoms. The van der Waals surface area contributed by atoms with Crippen molar-refractivity contribution in [2.75, 3.05) is 24.3 Å². The van der Waals surface area contributed by atoms with Gasteiger partial charge in [0.05, 0.1) is 13.2 Å². The van der Waals surface area contributed by atoms with Crippen LogP contribution in [0.1, 0.15) is 33.7 Å². The van der Waals surface area contributed by atoms with Crippen molar-refractivity contribution in [2.45, 2.75) is 18.9 Å². The fourth-order valence-electron chi connectivity index (χ4n) is 3.37. The van der Waals surface area contributed by atoms with Crippen molar-refractivity contribution in [3.8, 4) is 5.75 Å². The van der Waals surface area contributed by atoms with Crippen LogP contribution in [0.25, 0.3) is 0 Å². The van der Waals surface area contributed by atoms with Crippen molar-refractivity contribution in [3.63, 3.8) is 0 Å². The highest BCUT2D eigenvalue weighted by Crippen LogP contribution is 2.34. The van der Waals surface area contributed by atoms with Crippen molar-refractivity contribution in [1.29, 1.82) is 0 Å². The third-order valence-corrected chi connectivity index (χ3v) is 5.86. The summed E-state index contributed by atoms with van der Waals surface area (Å²) in [6.07, 6.45) is 1.55. The zero-order valence-corrected chi connectivity index (χ0v) is 17.5. The molecule has 2 N–H and O–H groups in total. The lowest BCUT2D eigenvalue weighted by Crippen LogP contribution is -2.34. The molecule has 8 nitrogen and oxygen atoms in total. The van der Waals surface area contributed by atoms with Crippen LogP contribution < -0.4 is 15.4 Å². The van der Waals surface area contributed by atoms with Crippen LogP contribution in [0, 0.1) is 5.82 Å². The maximum Gasteiger partial charge on any atom is 0.322 e. The molecule has 3 aromatic rings. The lowest BCUT2D eigenvalue weighted by atomic mass is 10.2. The van der Waals surface area contributed by atoms with E-state index in [9.17, 15) is 14.0 Å². The molecule has 1 aliphatic heterocycles. The summed E-state index contributed by atoms with van der Waals surface area (Å²) in [6, 6.07) is 12.2. The van der Waals surface area contributed by atoms with Gasteiger partial charge in [0.1, 0.15) is 16.6 Å². The van der Waals surface area contributed by atoms with Crippen molar-refractivity contribution in [1.82, 2.24) is 15.1 Å². The van der Waals surface area contributed by atoms with Crippen LogP contribution in [-0.2, 0) is 0 Å². The largest absolute Gasteiger partial charge is 0.497 e. The summed E-state index contributed by atoms with van der Waals surface area (Å²) < 4.78 is 18.5. The maximum atomic E-state index is 13.3. The number of benzene rings is 2. The smallest absolute Gasteiger partial charge is 0.322 e. The first kappa shape index (κ1) is 20.7. The molecule has 1 fully saturated rings. The number of aromatic nitrogens is 2. The summed E-state index contributed by atoms with van der Waals surface area (Å²) in [4.78, 5) is 27.0. The molecule has 1 atom stereocenters. The number of urea groups is 1. The molecule has 1 saturated heterocycles. The van der Waals surface area contributed by atoms with E-state index in [-0.39, 0.29) is 17.1 Å². The summed E-state index contributed by atoms with van der Waals surface area (Å²) in [5.74, 6) is -0.270. The van der Waals surface area contributed by atoms with Gasteiger partial charge in [-0.2, -0.15) is 0 Å². The molecule has 4 rings (SSSR count). The maximum absolute atomic E-state index is 13.3. The average molecular weight is 441 g/mol. The Balaban J connectivity index is 1.44. The number of carbonyl (C=O) groups excluding carboxylic acids is 2. The minimum absolute atomic E-state index is 0.152. The van der Waals surface area contributed by atoms with Crippen LogP contribution in [0.4, 0.5) is 20.6 Å². The van der Waals surface area contributed by atoms with Crippen molar-refractivity contribution >= 4 is 34.6 Å². The number of nitrogens with one attached hydrogen (secondary N) is 2. The fourth-order valence-corrected chi connectivity index (χ4v) is 4.26. The molecular weight excluding hydrogens is 421 g/mol. The highest BCUT2D eigenvalue weighted by Gasteiger charge is 2.33. The number of methoxy groups -OCH3 is 1. The molecule has 0 radical (unpaired) electrons. The summed E-state index contributed by atoms with van der Waals surface area (Å²) >= 11 is 1.13. The predicted octanol–water partition coefficient (Wildman–Crippen LogP) is 4.31. The number of carbonyl (C=O) groups is 2. The SMILES string of the molecule is COc1cccc(NC(=O)N2CCCC2c2nnc(C(=O)Nc3cccc(F)c3)s2)c1. The number of amides is 3. The molecule has 3 amide bonds. The highest BCUT2D eigenvalue weighted by atomic mass is 32.1. The van der Waals surface area contributed by atoms with Crippen molar-refractivity contribution in [3.05, 3.63) is 64.4 Å². The van der Waals surface area contributed by atoms with Crippen molar-refractivity contribution < 1.29 is 18.7 Å². The Morgan fingerprint density at radius 3 is 2.68 bits per heavy atom. The van der Waals surface area contributed by atoms with Gasteiger partial charge >= 0.3 is 6.03 Å². The summed E-state index contributed by atoms with van der Waals surface area (Å²) in [5.41, 5.74) is 0.962. The van der Waals surface area contributed by atoms with Gasteiger partial charge in [-0.15, -0.1) is 10.2 Å².